The molecule has 1 heterocycles. The highest BCUT2D eigenvalue weighted by Gasteiger charge is 2.33. The van der Waals surface area contributed by atoms with Crippen molar-refractivity contribution >= 4 is 5.82 Å². The maximum atomic E-state index is 5.84. The summed E-state index contributed by atoms with van der Waals surface area (Å²) in [5.41, 5.74) is 9.93. The Labute approximate surface area is 91.9 Å². The molecule has 0 amide bonds. The normalized spacial score (nSPS) is 20.4. The molecule has 1 aromatic heterocycles. The number of aromatic nitrogens is 1. The van der Waals surface area contributed by atoms with Gasteiger partial charge in [0.15, 0.2) is 0 Å². The summed E-state index contributed by atoms with van der Waals surface area (Å²) in [6.45, 7) is 8.95. The van der Waals surface area contributed by atoms with Crippen molar-refractivity contribution in [3.05, 3.63) is 22.9 Å². The van der Waals surface area contributed by atoms with Crippen molar-refractivity contribution in [1.82, 2.24) is 4.98 Å². The molecule has 0 fully saturated rings. The Balaban J connectivity index is 2.47. The lowest BCUT2D eigenvalue weighted by molar-refractivity contribution is 0.319. The second kappa shape index (κ2) is 3.22. The molecule has 0 bridgehead atoms. The number of anilines is 1. The Bertz CT molecular complexity index is 388. The molecule has 2 heteroatoms. The van der Waals surface area contributed by atoms with Gasteiger partial charge in [-0.3, -0.25) is 0 Å². The molecule has 1 unspecified atom stereocenters. The predicted octanol–water partition coefficient (Wildman–Crippen LogP) is 3.05. The summed E-state index contributed by atoms with van der Waals surface area (Å²) < 4.78 is 0. The molecule has 2 N–H and O–H groups in total. The summed E-state index contributed by atoms with van der Waals surface area (Å²) in [4.78, 5) is 4.49. The topological polar surface area (TPSA) is 38.9 Å². The van der Waals surface area contributed by atoms with Gasteiger partial charge in [-0.05, 0) is 42.2 Å². The number of hydrogen-bond acceptors (Lipinski definition) is 2. The van der Waals surface area contributed by atoms with Gasteiger partial charge in [-0.25, -0.2) is 4.98 Å². The van der Waals surface area contributed by atoms with Crippen molar-refractivity contribution in [2.24, 2.45) is 5.41 Å². The Morgan fingerprint density at radius 2 is 2.07 bits per heavy atom. The van der Waals surface area contributed by atoms with Crippen LogP contribution in [0.3, 0.4) is 0 Å². The van der Waals surface area contributed by atoms with Crippen molar-refractivity contribution in [2.45, 2.75) is 46.5 Å². The van der Waals surface area contributed by atoms with Crippen molar-refractivity contribution in [1.29, 1.82) is 0 Å². The summed E-state index contributed by atoms with van der Waals surface area (Å²) in [5.74, 6) is 1.34. The van der Waals surface area contributed by atoms with Crippen LogP contribution < -0.4 is 5.73 Å². The third kappa shape index (κ3) is 1.73. The van der Waals surface area contributed by atoms with E-state index in [1.165, 1.54) is 17.7 Å². The largest absolute Gasteiger partial charge is 0.383 e. The second-order valence-electron chi connectivity index (χ2n) is 5.68. The number of nitrogen functional groups attached to an aromatic ring is 1. The number of hydrogen-bond donors (Lipinski definition) is 1. The van der Waals surface area contributed by atoms with Gasteiger partial charge in [0.25, 0.3) is 0 Å². The molecule has 0 aromatic carbocycles. The first-order valence-electron chi connectivity index (χ1n) is 5.65. The summed E-state index contributed by atoms with van der Waals surface area (Å²) in [7, 11) is 0. The number of aryl methyl sites for hydroxylation is 2. The Morgan fingerprint density at radius 1 is 1.40 bits per heavy atom. The van der Waals surface area contributed by atoms with Gasteiger partial charge in [0.05, 0.1) is 0 Å². The third-order valence-electron chi connectivity index (χ3n) is 3.46. The molecule has 0 spiro atoms. The molecule has 15 heavy (non-hydrogen) atoms. The fourth-order valence-electron chi connectivity index (χ4n) is 2.53. The lowest BCUT2D eigenvalue weighted by atomic mass is 9.77. The smallest absolute Gasteiger partial charge is 0.126 e. The average molecular weight is 204 g/mol. The van der Waals surface area contributed by atoms with E-state index in [0.29, 0.717) is 17.2 Å². The van der Waals surface area contributed by atoms with Crippen LogP contribution in [0, 0.1) is 12.3 Å². The van der Waals surface area contributed by atoms with E-state index in [1.807, 2.05) is 6.92 Å². The lowest BCUT2D eigenvalue weighted by Gasteiger charge is -2.27. The first-order chi connectivity index (χ1) is 6.89. The Kier molecular flexibility index (Phi) is 2.25. The summed E-state index contributed by atoms with van der Waals surface area (Å²) in [6.07, 6.45) is 2.30. The maximum absolute atomic E-state index is 5.84. The minimum Gasteiger partial charge on any atom is -0.383 e. The van der Waals surface area contributed by atoms with Crippen molar-refractivity contribution < 1.29 is 0 Å². The van der Waals surface area contributed by atoms with Crippen molar-refractivity contribution in [3.8, 4) is 0 Å². The van der Waals surface area contributed by atoms with Crippen LogP contribution >= 0.6 is 0 Å². The molecule has 2 rings (SSSR count). The van der Waals surface area contributed by atoms with E-state index >= 15 is 0 Å². The second-order valence-corrected chi connectivity index (χ2v) is 5.68. The van der Waals surface area contributed by atoms with E-state index in [9.17, 15) is 0 Å². The quantitative estimate of drug-likeness (QED) is 0.705. The third-order valence-corrected chi connectivity index (χ3v) is 3.46. The van der Waals surface area contributed by atoms with E-state index in [1.54, 1.807) is 0 Å². The summed E-state index contributed by atoms with van der Waals surface area (Å²) in [5, 5.41) is 0. The van der Waals surface area contributed by atoms with Gasteiger partial charge < -0.3 is 5.73 Å². The van der Waals surface area contributed by atoms with Crippen LogP contribution in [0.4, 0.5) is 5.82 Å². The van der Waals surface area contributed by atoms with E-state index < -0.39 is 0 Å². The first-order valence-corrected chi connectivity index (χ1v) is 5.65. The number of rotatable bonds is 0. The SMILES string of the molecule is Cc1cc2c(nc1N)CCC2C(C)(C)C. The monoisotopic (exact) mass is 204 g/mol. The minimum absolute atomic E-state index is 0.329. The van der Waals surface area contributed by atoms with Crippen LogP contribution in [0.1, 0.15) is 49.9 Å². The maximum Gasteiger partial charge on any atom is 0.126 e. The molecular formula is C13H20N2. The van der Waals surface area contributed by atoms with Gasteiger partial charge in [-0.1, -0.05) is 26.8 Å². The highest BCUT2D eigenvalue weighted by Crippen LogP contribution is 2.44. The van der Waals surface area contributed by atoms with Crippen LogP contribution in [0.25, 0.3) is 0 Å². The molecule has 0 saturated carbocycles. The standard InChI is InChI=1S/C13H20N2/c1-8-7-9-10(13(2,3)4)5-6-11(9)15-12(8)14/h7,10H,5-6H2,1-4H3,(H2,14,15). The highest BCUT2D eigenvalue weighted by molar-refractivity contribution is 5.46. The molecule has 0 aliphatic heterocycles. The number of fused-ring (bicyclic) bond motifs is 1. The Morgan fingerprint density at radius 3 is 2.67 bits per heavy atom. The number of nitrogens with zero attached hydrogens (tertiary/aromatic N) is 1. The lowest BCUT2D eigenvalue weighted by Crippen LogP contribution is -2.16. The molecule has 2 nitrogen and oxygen atoms in total. The van der Waals surface area contributed by atoms with E-state index in [0.717, 1.165) is 12.0 Å². The van der Waals surface area contributed by atoms with Gasteiger partial charge >= 0.3 is 0 Å². The van der Waals surface area contributed by atoms with Gasteiger partial charge in [-0.2, -0.15) is 0 Å². The molecule has 0 radical (unpaired) electrons. The van der Waals surface area contributed by atoms with Gasteiger partial charge in [0, 0.05) is 5.69 Å². The zero-order valence-corrected chi connectivity index (χ0v) is 10.1. The van der Waals surface area contributed by atoms with Gasteiger partial charge in [0.1, 0.15) is 5.82 Å². The van der Waals surface area contributed by atoms with Crippen LogP contribution in [0.15, 0.2) is 6.07 Å². The van der Waals surface area contributed by atoms with Crippen molar-refractivity contribution in [3.63, 3.8) is 0 Å². The fraction of sp³-hybridized carbons (Fsp3) is 0.615. The summed E-state index contributed by atoms with van der Waals surface area (Å²) >= 11 is 0. The van der Waals surface area contributed by atoms with Gasteiger partial charge in [-0.15, -0.1) is 0 Å². The van der Waals surface area contributed by atoms with Crippen LogP contribution in [-0.4, -0.2) is 4.98 Å². The summed E-state index contributed by atoms with van der Waals surface area (Å²) in [6, 6.07) is 2.24. The molecule has 0 saturated heterocycles. The van der Waals surface area contributed by atoms with Crippen molar-refractivity contribution in [2.75, 3.05) is 5.73 Å². The molecule has 1 aromatic rings. The number of nitrogens with two attached hydrogens (primary N) is 1. The zero-order valence-electron chi connectivity index (χ0n) is 10.1. The van der Waals surface area contributed by atoms with Gasteiger partial charge in [0.2, 0.25) is 0 Å². The minimum atomic E-state index is 0.329. The molecular weight excluding hydrogens is 184 g/mol. The van der Waals surface area contributed by atoms with E-state index in [4.69, 9.17) is 5.73 Å². The molecule has 1 aliphatic carbocycles. The fourth-order valence-corrected chi connectivity index (χ4v) is 2.53. The molecule has 1 aliphatic rings. The zero-order chi connectivity index (χ0) is 11.2. The van der Waals surface area contributed by atoms with E-state index in [-0.39, 0.29) is 0 Å². The van der Waals surface area contributed by atoms with Crippen LogP contribution in [0.5, 0.6) is 0 Å². The number of pyridine rings is 1. The first kappa shape index (κ1) is 10.5. The van der Waals surface area contributed by atoms with Crippen LogP contribution in [0.2, 0.25) is 0 Å². The predicted molar refractivity (Wildman–Crippen MR) is 63.9 cm³/mol. The van der Waals surface area contributed by atoms with Crippen LogP contribution in [-0.2, 0) is 6.42 Å². The highest BCUT2D eigenvalue weighted by atomic mass is 14.9. The Hall–Kier alpha value is -1.05. The van der Waals surface area contributed by atoms with E-state index in [2.05, 4.69) is 31.8 Å². The average Bonchev–Trinajstić information content (AvgIpc) is 2.47. The molecule has 1 atom stereocenters. The molecule has 82 valence electrons.